The molecular weight excluding hydrogens is 360 g/mol. The fraction of sp³-hybridized carbons (Fsp3) is 0.333. The van der Waals surface area contributed by atoms with E-state index in [9.17, 15) is 4.79 Å². The zero-order valence-electron chi connectivity index (χ0n) is 17.1. The third kappa shape index (κ3) is 4.74. The molecule has 0 spiro atoms. The van der Waals surface area contributed by atoms with Crippen molar-refractivity contribution in [3.63, 3.8) is 0 Å². The summed E-state index contributed by atoms with van der Waals surface area (Å²) < 4.78 is 1.78. The van der Waals surface area contributed by atoms with Gasteiger partial charge in [-0.25, -0.2) is 4.68 Å². The van der Waals surface area contributed by atoms with Crippen molar-refractivity contribution in [3.8, 4) is 5.69 Å². The minimum atomic E-state index is -0.0758. The Morgan fingerprint density at radius 1 is 1.10 bits per heavy atom. The molecule has 0 bridgehead atoms. The van der Waals surface area contributed by atoms with Gasteiger partial charge in [0.1, 0.15) is 5.69 Å². The Labute approximate surface area is 172 Å². The van der Waals surface area contributed by atoms with E-state index in [1.54, 1.807) is 4.68 Å². The lowest BCUT2D eigenvalue weighted by molar-refractivity contribution is 0.0934. The maximum atomic E-state index is 13.1. The molecule has 1 N–H and O–H groups in total. The number of rotatable bonds is 8. The molecule has 0 radical (unpaired) electrons. The van der Waals surface area contributed by atoms with Crippen molar-refractivity contribution in [3.05, 3.63) is 83.7 Å². The minimum Gasteiger partial charge on any atom is -0.349 e. The van der Waals surface area contributed by atoms with Crippen molar-refractivity contribution in [2.75, 3.05) is 20.6 Å². The van der Waals surface area contributed by atoms with Crippen LogP contribution in [0.4, 0.5) is 0 Å². The molecule has 1 aliphatic carbocycles. The van der Waals surface area contributed by atoms with E-state index in [1.807, 2.05) is 42.5 Å². The molecule has 5 nitrogen and oxygen atoms in total. The first-order valence-corrected chi connectivity index (χ1v) is 10.3. The van der Waals surface area contributed by atoms with Crippen LogP contribution in [0.1, 0.15) is 40.5 Å². The molecule has 1 aliphatic rings. The SMILES string of the molecule is CN(C)C(CNC(=O)c1cc(C2CC2)nn1-c1ccccc1)Cc1ccccc1. The van der Waals surface area contributed by atoms with E-state index >= 15 is 0 Å². The number of amides is 1. The van der Waals surface area contributed by atoms with Crippen LogP contribution in [0.5, 0.6) is 0 Å². The fourth-order valence-electron chi connectivity index (χ4n) is 3.53. The van der Waals surface area contributed by atoms with Gasteiger partial charge in [-0.15, -0.1) is 0 Å². The maximum absolute atomic E-state index is 13.1. The lowest BCUT2D eigenvalue weighted by atomic mass is 10.1. The Morgan fingerprint density at radius 2 is 1.76 bits per heavy atom. The lowest BCUT2D eigenvalue weighted by Crippen LogP contribution is -2.42. The monoisotopic (exact) mass is 388 g/mol. The Kier molecular flexibility index (Phi) is 5.76. The minimum absolute atomic E-state index is 0.0758. The first kappa shape index (κ1) is 19.4. The fourth-order valence-corrected chi connectivity index (χ4v) is 3.53. The second-order valence-corrected chi connectivity index (χ2v) is 7.99. The number of aromatic nitrogens is 2. The van der Waals surface area contributed by atoms with Crippen molar-refractivity contribution in [2.24, 2.45) is 0 Å². The first-order chi connectivity index (χ1) is 14.1. The van der Waals surface area contributed by atoms with Crippen LogP contribution in [0.15, 0.2) is 66.7 Å². The molecule has 1 saturated carbocycles. The van der Waals surface area contributed by atoms with Crippen LogP contribution < -0.4 is 5.32 Å². The third-order valence-corrected chi connectivity index (χ3v) is 5.50. The van der Waals surface area contributed by atoms with Crippen LogP contribution >= 0.6 is 0 Å². The molecule has 1 fully saturated rings. The second kappa shape index (κ2) is 8.62. The number of carbonyl (C=O) groups excluding carboxylic acids is 1. The van der Waals surface area contributed by atoms with E-state index in [0.29, 0.717) is 18.2 Å². The van der Waals surface area contributed by atoms with Crippen molar-refractivity contribution in [2.45, 2.75) is 31.2 Å². The van der Waals surface area contributed by atoms with Gasteiger partial charge in [0.15, 0.2) is 0 Å². The molecular formula is C24H28N4O. The summed E-state index contributed by atoms with van der Waals surface area (Å²) in [5, 5.41) is 7.88. The molecule has 3 aromatic rings. The van der Waals surface area contributed by atoms with Crippen LogP contribution in [-0.2, 0) is 6.42 Å². The Hall–Kier alpha value is -2.92. The van der Waals surface area contributed by atoms with Gasteiger partial charge in [-0.3, -0.25) is 4.79 Å². The van der Waals surface area contributed by atoms with Crippen LogP contribution in [0, 0.1) is 0 Å². The average Bonchev–Trinajstić information content (AvgIpc) is 3.50. The van der Waals surface area contributed by atoms with Crippen LogP contribution in [0.25, 0.3) is 5.69 Å². The molecule has 4 rings (SSSR count). The van der Waals surface area contributed by atoms with E-state index in [-0.39, 0.29) is 11.9 Å². The number of nitrogens with one attached hydrogen (secondary N) is 1. The highest BCUT2D eigenvalue weighted by atomic mass is 16.2. The molecule has 150 valence electrons. The summed E-state index contributed by atoms with van der Waals surface area (Å²) in [4.78, 5) is 15.2. The molecule has 1 aromatic heterocycles. The first-order valence-electron chi connectivity index (χ1n) is 10.3. The van der Waals surface area contributed by atoms with Gasteiger partial charge in [-0.1, -0.05) is 48.5 Å². The third-order valence-electron chi connectivity index (χ3n) is 5.50. The predicted molar refractivity (Wildman–Crippen MR) is 115 cm³/mol. The van der Waals surface area contributed by atoms with Gasteiger partial charge >= 0.3 is 0 Å². The van der Waals surface area contributed by atoms with Gasteiger partial charge in [0.05, 0.1) is 11.4 Å². The van der Waals surface area contributed by atoms with Crippen LogP contribution in [0.2, 0.25) is 0 Å². The van der Waals surface area contributed by atoms with E-state index in [0.717, 1.165) is 30.6 Å². The summed E-state index contributed by atoms with van der Waals surface area (Å²) in [6.07, 6.45) is 3.21. The summed E-state index contributed by atoms with van der Waals surface area (Å²) in [6.45, 7) is 0.583. The van der Waals surface area contributed by atoms with Gasteiger partial charge in [0.2, 0.25) is 0 Å². The average molecular weight is 389 g/mol. The van der Waals surface area contributed by atoms with E-state index in [1.165, 1.54) is 5.56 Å². The van der Waals surface area contributed by atoms with E-state index in [2.05, 4.69) is 48.6 Å². The molecule has 1 heterocycles. The molecule has 1 atom stereocenters. The number of carbonyl (C=O) groups is 1. The standard InChI is InChI=1S/C24H28N4O/c1-27(2)21(15-18-9-5-3-6-10-18)17-25-24(29)23-16-22(19-13-14-19)26-28(23)20-11-7-4-8-12-20/h3-12,16,19,21H,13-15,17H2,1-2H3,(H,25,29). The Balaban J connectivity index is 1.50. The van der Waals surface area contributed by atoms with E-state index < -0.39 is 0 Å². The van der Waals surface area contributed by atoms with Crippen molar-refractivity contribution >= 4 is 5.91 Å². The predicted octanol–water partition coefficient (Wildman–Crippen LogP) is 3.65. The van der Waals surface area contributed by atoms with Gasteiger partial charge < -0.3 is 10.2 Å². The molecule has 0 aliphatic heterocycles. The number of likely N-dealkylation sites (N-methyl/N-ethyl adjacent to an activating group) is 1. The number of hydrogen-bond donors (Lipinski definition) is 1. The maximum Gasteiger partial charge on any atom is 0.270 e. The number of benzene rings is 2. The van der Waals surface area contributed by atoms with Gasteiger partial charge in [0.25, 0.3) is 5.91 Å². The molecule has 5 heteroatoms. The van der Waals surface area contributed by atoms with Gasteiger partial charge in [-0.05, 0) is 57.1 Å². The quantitative estimate of drug-likeness (QED) is 0.641. The van der Waals surface area contributed by atoms with Crippen LogP contribution in [0.3, 0.4) is 0 Å². The zero-order chi connectivity index (χ0) is 20.2. The van der Waals surface area contributed by atoms with Gasteiger partial charge in [0, 0.05) is 18.5 Å². The van der Waals surface area contributed by atoms with Crippen molar-refractivity contribution in [1.29, 1.82) is 0 Å². The summed E-state index contributed by atoms with van der Waals surface area (Å²) in [5.74, 6) is 0.423. The lowest BCUT2D eigenvalue weighted by Gasteiger charge is -2.24. The van der Waals surface area contributed by atoms with Crippen molar-refractivity contribution < 1.29 is 4.79 Å². The highest BCUT2D eigenvalue weighted by Crippen LogP contribution is 2.39. The largest absolute Gasteiger partial charge is 0.349 e. The number of para-hydroxylation sites is 1. The normalized spacial score (nSPS) is 14.7. The molecule has 1 unspecified atom stereocenters. The van der Waals surface area contributed by atoms with E-state index in [4.69, 9.17) is 5.10 Å². The summed E-state index contributed by atoms with van der Waals surface area (Å²) in [6, 6.07) is 22.5. The smallest absolute Gasteiger partial charge is 0.270 e. The van der Waals surface area contributed by atoms with Gasteiger partial charge in [-0.2, -0.15) is 5.10 Å². The molecule has 1 amide bonds. The molecule has 29 heavy (non-hydrogen) atoms. The Morgan fingerprint density at radius 3 is 2.38 bits per heavy atom. The Bertz CT molecular complexity index is 946. The summed E-state index contributed by atoms with van der Waals surface area (Å²) in [7, 11) is 4.11. The highest BCUT2D eigenvalue weighted by molar-refractivity contribution is 5.93. The summed E-state index contributed by atoms with van der Waals surface area (Å²) in [5.41, 5.74) is 3.81. The summed E-state index contributed by atoms with van der Waals surface area (Å²) >= 11 is 0. The van der Waals surface area contributed by atoms with Crippen LogP contribution in [-0.4, -0.2) is 47.3 Å². The molecule has 0 saturated heterocycles. The number of hydrogen-bond acceptors (Lipinski definition) is 3. The second-order valence-electron chi connectivity index (χ2n) is 7.99. The zero-order valence-corrected chi connectivity index (χ0v) is 17.1. The molecule has 2 aromatic carbocycles. The topological polar surface area (TPSA) is 50.2 Å². The van der Waals surface area contributed by atoms with Crippen molar-refractivity contribution in [1.82, 2.24) is 20.0 Å². The number of nitrogens with zero attached hydrogens (tertiary/aromatic N) is 3. The highest BCUT2D eigenvalue weighted by Gasteiger charge is 2.29.